The number of esters is 1. The normalized spacial score (nSPS) is 20.2. The van der Waals surface area contributed by atoms with Crippen molar-refractivity contribution in [3.8, 4) is 11.5 Å². The smallest absolute Gasteiger partial charge is 0.330 e. The summed E-state index contributed by atoms with van der Waals surface area (Å²) in [6.45, 7) is 5.74. The molecule has 23 heavy (non-hydrogen) atoms. The zero-order valence-corrected chi connectivity index (χ0v) is 13.7. The van der Waals surface area contributed by atoms with Crippen molar-refractivity contribution >= 4 is 11.8 Å². The third-order valence-electron chi connectivity index (χ3n) is 3.74. The van der Waals surface area contributed by atoms with E-state index in [1.807, 2.05) is 6.92 Å². The molecule has 1 atom stereocenters. The van der Waals surface area contributed by atoms with E-state index < -0.39 is 11.6 Å². The number of aromatic hydroxyl groups is 1. The van der Waals surface area contributed by atoms with E-state index in [1.165, 1.54) is 12.1 Å². The molecule has 124 valence electrons. The first-order valence-corrected chi connectivity index (χ1v) is 7.83. The van der Waals surface area contributed by atoms with Crippen LogP contribution in [0.3, 0.4) is 0 Å². The van der Waals surface area contributed by atoms with Crippen LogP contribution in [0, 0.1) is 0 Å². The molecule has 0 saturated carbocycles. The molecule has 1 heterocycles. The lowest BCUT2D eigenvalue weighted by atomic mass is 9.89. The van der Waals surface area contributed by atoms with Crippen molar-refractivity contribution in [2.45, 2.75) is 45.6 Å². The standard InChI is InChI=1S/C18H22O5/c1-4-6-12-14(19)8-7-13-15(20)11-18(3,23-17(12)13)10-9-16(21)22-5-2/h7-10,19H,4-6,11H2,1-3H3/b10-9+/t18-/m1/s1. The van der Waals surface area contributed by atoms with Gasteiger partial charge in [0.25, 0.3) is 0 Å². The van der Waals surface area contributed by atoms with Gasteiger partial charge in [-0.2, -0.15) is 0 Å². The highest BCUT2D eigenvalue weighted by Crippen LogP contribution is 2.40. The first kappa shape index (κ1) is 17.1. The van der Waals surface area contributed by atoms with Crippen LogP contribution in [0.25, 0.3) is 0 Å². The average molecular weight is 318 g/mol. The number of phenols is 1. The molecule has 0 amide bonds. The molecule has 0 fully saturated rings. The maximum atomic E-state index is 12.4. The molecule has 1 aliphatic rings. The molecule has 0 bridgehead atoms. The van der Waals surface area contributed by atoms with Gasteiger partial charge in [-0.15, -0.1) is 0 Å². The summed E-state index contributed by atoms with van der Waals surface area (Å²) in [6, 6.07) is 3.11. The number of hydrogen-bond acceptors (Lipinski definition) is 5. The molecule has 1 N–H and O–H groups in total. The Kier molecular flexibility index (Phi) is 5.08. The number of phenolic OH excluding ortho intramolecular Hbond substituents is 1. The van der Waals surface area contributed by atoms with Crippen LogP contribution in [0.5, 0.6) is 11.5 Å². The molecule has 0 unspecified atom stereocenters. The number of fused-ring (bicyclic) bond motifs is 1. The Balaban J connectivity index is 2.36. The Morgan fingerprint density at radius 3 is 2.83 bits per heavy atom. The van der Waals surface area contributed by atoms with E-state index in [0.717, 1.165) is 6.42 Å². The van der Waals surface area contributed by atoms with Gasteiger partial charge >= 0.3 is 5.97 Å². The number of ketones is 1. The molecule has 0 aliphatic carbocycles. The number of hydrogen-bond donors (Lipinski definition) is 1. The van der Waals surface area contributed by atoms with E-state index in [4.69, 9.17) is 9.47 Å². The van der Waals surface area contributed by atoms with E-state index in [-0.39, 0.29) is 24.6 Å². The second-order valence-electron chi connectivity index (χ2n) is 5.79. The number of rotatable bonds is 5. The van der Waals surface area contributed by atoms with Gasteiger partial charge < -0.3 is 14.6 Å². The average Bonchev–Trinajstić information content (AvgIpc) is 2.49. The molecule has 0 saturated heterocycles. The fraction of sp³-hybridized carbons (Fsp3) is 0.444. The number of Topliss-reactive ketones (excluding diaryl/α,β-unsaturated/α-hetero) is 1. The molecule has 1 aromatic rings. The van der Waals surface area contributed by atoms with Crippen molar-refractivity contribution in [3.05, 3.63) is 35.4 Å². The van der Waals surface area contributed by atoms with Crippen molar-refractivity contribution in [3.63, 3.8) is 0 Å². The van der Waals surface area contributed by atoms with Gasteiger partial charge in [0.2, 0.25) is 0 Å². The van der Waals surface area contributed by atoms with Crippen LogP contribution in [0.4, 0.5) is 0 Å². The highest BCUT2D eigenvalue weighted by molar-refractivity contribution is 6.01. The Morgan fingerprint density at radius 2 is 2.17 bits per heavy atom. The predicted octanol–water partition coefficient (Wildman–Crippen LogP) is 3.19. The maximum absolute atomic E-state index is 12.4. The van der Waals surface area contributed by atoms with Gasteiger partial charge in [-0.25, -0.2) is 4.79 Å². The summed E-state index contributed by atoms with van der Waals surface area (Å²) >= 11 is 0. The number of benzene rings is 1. The second-order valence-corrected chi connectivity index (χ2v) is 5.79. The molecular formula is C18H22O5. The quantitative estimate of drug-likeness (QED) is 0.667. The van der Waals surface area contributed by atoms with E-state index in [2.05, 4.69) is 0 Å². The summed E-state index contributed by atoms with van der Waals surface area (Å²) in [5.41, 5.74) is 0.176. The minimum absolute atomic E-state index is 0.0698. The van der Waals surface area contributed by atoms with Gasteiger partial charge in [0.05, 0.1) is 18.6 Å². The van der Waals surface area contributed by atoms with E-state index in [0.29, 0.717) is 23.3 Å². The van der Waals surface area contributed by atoms with Crippen LogP contribution in [0.15, 0.2) is 24.3 Å². The summed E-state index contributed by atoms with van der Waals surface area (Å²) in [4.78, 5) is 23.9. The lowest BCUT2D eigenvalue weighted by Gasteiger charge is -2.34. The highest BCUT2D eigenvalue weighted by Gasteiger charge is 2.36. The van der Waals surface area contributed by atoms with Gasteiger partial charge in [0.1, 0.15) is 17.1 Å². The summed E-state index contributed by atoms with van der Waals surface area (Å²) in [5, 5.41) is 10.1. The first-order chi connectivity index (χ1) is 10.9. The maximum Gasteiger partial charge on any atom is 0.330 e. The third-order valence-corrected chi connectivity index (χ3v) is 3.74. The van der Waals surface area contributed by atoms with Gasteiger partial charge in [0.15, 0.2) is 5.78 Å². The lowest BCUT2D eigenvalue weighted by molar-refractivity contribution is -0.137. The zero-order chi connectivity index (χ0) is 17.0. The molecule has 5 heteroatoms. The molecule has 1 aromatic carbocycles. The van der Waals surface area contributed by atoms with Crippen molar-refractivity contribution < 1.29 is 24.2 Å². The Bertz CT molecular complexity index is 647. The predicted molar refractivity (Wildman–Crippen MR) is 85.9 cm³/mol. The fourth-order valence-electron chi connectivity index (χ4n) is 2.66. The van der Waals surface area contributed by atoms with Crippen molar-refractivity contribution in [2.24, 2.45) is 0 Å². The van der Waals surface area contributed by atoms with Crippen LogP contribution in [0.1, 0.15) is 49.5 Å². The third kappa shape index (κ3) is 3.73. The monoisotopic (exact) mass is 318 g/mol. The van der Waals surface area contributed by atoms with E-state index >= 15 is 0 Å². The Morgan fingerprint density at radius 1 is 1.43 bits per heavy atom. The van der Waals surface area contributed by atoms with Crippen LogP contribution in [-0.4, -0.2) is 29.1 Å². The Labute approximate surface area is 135 Å². The van der Waals surface area contributed by atoms with Crippen molar-refractivity contribution in [1.29, 1.82) is 0 Å². The topological polar surface area (TPSA) is 72.8 Å². The number of carbonyl (C=O) groups excluding carboxylic acids is 2. The Hall–Kier alpha value is -2.30. The number of ether oxygens (including phenoxy) is 2. The summed E-state index contributed by atoms with van der Waals surface area (Å²) in [5.74, 6) is -0.00370. The molecule has 1 aliphatic heterocycles. The molecule has 0 aromatic heterocycles. The van der Waals surface area contributed by atoms with Crippen LogP contribution >= 0.6 is 0 Å². The van der Waals surface area contributed by atoms with Crippen LogP contribution in [-0.2, 0) is 16.0 Å². The molecule has 2 rings (SSSR count). The lowest BCUT2D eigenvalue weighted by Crippen LogP contribution is -2.38. The van der Waals surface area contributed by atoms with Gasteiger partial charge in [0, 0.05) is 11.6 Å². The minimum atomic E-state index is -0.937. The zero-order valence-electron chi connectivity index (χ0n) is 13.7. The van der Waals surface area contributed by atoms with Crippen LogP contribution < -0.4 is 4.74 Å². The molecule has 0 spiro atoms. The molecule has 0 radical (unpaired) electrons. The van der Waals surface area contributed by atoms with Gasteiger partial charge in [-0.05, 0) is 38.5 Å². The SMILES string of the molecule is CCCc1c(O)ccc2c1O[C@](C)(/C=C/C(=O)OCC)CC2=O. The van der Waals surface area contributed by atoms with E-state index in [9.17, 15) is 14.7 Å². The van der Waals surface area contributed by atoms with Crippen LogP contribution in [0.2, 0.25) is 0 Å². The van der Waals surface area contributed by atoms with Crippen molar-refractivity contribution in [2.75, 3.05) is 6.61 Å². The second kappa shape index (κ2) is 6.86. The minimum Gasteiger partial charge on any atom is -0.508 e. The highest BCUT2D eigenvalue weighted by atomic mass is 16.5. The summed E-state index contributed by atoms with van der Waals surface area (Å²) in [6.07, 6.45) is 4.39. The molecular weight excluding hydrogens is 296 g/mol. The molecule has 5 nitrogen and oxygen atoms in total. The van der Waals surface area contributed by atoms with Crippen molar-refractivity contribution in [1.82, 2.24) is 0 Å². The summed E-state index contributed by atoms with van der Waals surface area (Å²) < 4.78 is 10.9. The first-order valence-electron chi connectivity index (χ1n) is 7.83. The van der Waals surface area contributed by atoms with E-state index in [1.54, 1.807) is 26.0 Å². The van der Waals surface area contributed by atoms with Gasteiger partial charge in [-0.1, -0.05) is 13.3 Å². The fourth-order valence-corrected chi connectivity index (χ4v) is 2.66. The summed E-state index contributed by atoms with van der Waals surface area (Å²) in [7, 11) is 0. The number of carbonyl (C=O) groups is 2. The van der Waals surface area contributed by atoms with Gasteiger partial charge in [-0.3, -0.25) is 4.79 Å². The largest absolute Gasteiger partial charge is 0.508 e.